The summed E-state index contributed by atoms with van der Waals surface area (Å²) in [6, 6.07) is -0.642. The number of likely N-dealkylation sites (tertiary alicyclic amines) is 1. The van der Waals surface area contributed by atoms with Crippen LogP contribution in [0.25, 0.3) is 0 Å². The topological polar surface area (TPSA) is 92.9 Å². The Morgan fingerprint density at radius 2 is 2.22 bits per heavy atom. The van der Waals surface area contributed by atoms with E-state index in [1.54, 1.807) is 14.0 Å². The second-order valence-corrected chi connectivity index (χ2v) is 4.91. The van der Waals surface area contributed by atoms with Gasteiger partial charge in [0.05, 0.1) is 6.04 Å². The maximum Gasteiger partial charge on any atom is 0.329 e. The highest BCUT2D eigenvalue weighted by atomic mass is 16.5. The van der Waals surface area contributed by atoms with Crippen LogP contribution in [0.4, 0.5) is 0 Å². The van der Waals surface area contributed by atoms with Gasteiger partial charge < -0.3 is 20.5 Å². The molecule has 1 heterocycles. The Morgan fingerprint density at radius 3 is 2.78 bits per heavy atom. The summed E-state index contributed by atoms with van der Waals surface area (Å²) in [5.74, 6) is -1.23. The molecular weight excluding hydrogens is 236 g/mol. The van der Waals surface area contributed by atoms with Crippen molar-refractivity contribution in [2.75, 3.05) is 20.3 Å². The number of amides is 1. The van der Waals surface area contributed by atoms with E-state index in [2.05, 4.69) is 0 Å². The molecule has 18 heavy (non-hydrogen) atoms. The van der Waals surface area contributed by atoms with Gasteiger partial charge in [-0.15, -0.1) is 0 Å². The van der Waals surface area contributed by atoms with E-state index >= 15 is 0 Å². The zero-order valence-corrected chi connectivity index (χ0v) is 11.0. The standard InChI is InChI=1S/C12H22N2O4/c1-12(11(16)17)6-4-7-14(12)10(15)9(13)5-3-8-18-2/h9H,3-8,13H2,1-2H3,(H,16,17). The molecular formula is C12H22N2O4. The normalized spacial score (nSPS) is 25.2. The van der Waals surface area contributed by atoms with Crippen molar-refractivity contribution in [1.82, 2.24) is 4.90 Å². The molecule has 0 aliphatic carbocycles. The van der Waals surface area contributed by atoms with E-state index in [0.717, 1.165) is 0 Å². The summed E-state index contributed by atoms with van der Waals surface area (Å²) in [5, 5.41) is 9.23. The molecule has 0 aromatic rings. The fraction of sp³-hybridized carbons (Fsp3) is 0.833. The first-order valence-corrected chi connectivity index (χ1v) is 6.23. The summed E-state index contributed by atoms with van der Waals surface area (Å²) >= 11 is 0. The number of hydrogen-bond donors (Lipinski definition) is 2. The molecule has 0 aromatic heterocycles. The van der Waals surface area contributed by atoms with Gasteiger partial charge in [0, 0.05) is 20.3 Å². The number of aliphatic carboxylic acids is 1. The monoisotopic (exact) mass is 258 g/mol. The third-order valence-electron chi connectivity index (χ3n) is 3.55. The highest BCUT2D eigenvalue weighted by Crippen LogP contribution is 2.29. The number of rotatable bonds is 6. The Hall–Kier alpha value is -1.14. The summed E-state index contributed by atoms with van der Waals surface area (Å²) in [7, 11) is 1.59. The molecule has 1 fully saturated rings. The van der Waals surface area contributed by atoms with Crippen molar-refractivity contribution in [2.24, 2.45) is 5.73 Å². The molecule has 0 radical (unpaired) electrons. The minimum Gasteiger partial charge on any atom is -0.480 e. The lowest BCUT2D eigenvalue weighted by molar-refractivity contribution is -0.155. The Bertz CT molecular complexity index is 321. The SMILES string of the molecule is COCCCC(N)C(=O)N1CCCC1(C)C(=O)O. The molecule has 2 atom stereocenters. The maximum absolute atomic E-state index is 12.2. The third kappa shape index (κ3) is 3.00. The van der Waals surface area contributed by atoms with Crippen LogP contribution in [-0.4, -0.2) is 53.7 Å². The Labute approximate surface area is 107 Å². The number of methoxy groups -OCH3 is 1. The molecule has 6 nitrogen and oxygen atoms in total. The molecule has 1 aliphatic rings. The Morgan fingerprint density at radius 1 is 1.56 bits per heavy atom. The van der Waals surface area contributed by atoms with Gasteiger partial charge in [0.1, 0.15) is 5.54 Å². The largest absolute Gasteiger partial charge is 0.480 e. The van der Waals surface area contributed by atoms with Gasteiger partial charge in [-0.3, -0.25) is 4.79 Å². The minimum atomic E-state index is -1.10. The molecule has 0 spiro atoms. The first-order valence-electron chi connectivity index (χ1n) is 6.23. The number of carboxylic acids is 1. The van der Waals surface area contributed by atoms with Crippen LogP contribution >= 0.6 is 0 Å². The van der Waals surface area contributed by atoms with Crippen molar-refractivity contribution in [3.05, 3.63) is 0 Å². The van der Waals surface area contributed by atoms with E-state index in [-0.39, 0.29) is 5.91 Å². The summed E-state index contributed by atoms with van der Waals surface area (Å²) in [6.45, 7) is 2.61. The van der Waals surface area contributed by atoms with Gasteiger partial charge in [0.25, 0.3) is 0 Å². The highest BCUT2D eigenvalue weighted by Gasteiger charge is 2.46. The van der Waals surface area contributed by atoms with Gasteiger partial charge in [-0.25, -0.2) is 4.79 Å². The predicted octanol–water partition coefficient (Wildman–Crippen LogP) is 0.206. The molecule has 104 valence electrons. The van der Waals surface area contributed by atoms with Crippen LogP contribution in [0.3, 0.4) is 0 Å². The summed E-state index contributed by atoms with van der Waals surface area (Å²) in [4.78, 5) is 24.8. The van der Waals surface area contributed by atoms with Gasteiger partial charge >= 0.3 is 5.97 Å². The lowest BCUT2D eigenvalue weighted by Gasteiger charge is -2.33. The molecule has 0 aromatic carbocycles. The Kier molecular flexibility index (Phi) is 5.10. The maximum atomic E-state index is 12.2. The van der Waals surface area contributed by atoms with Crippen LogP contribution in [-0.2, 0) is 14.3 Å². The van der Waals surface area contributed by atoms with E-state index in [1.807, 2.05) is 0 Å². The van der Waals surface area contributed by atoms with Crippen LogP contribution in [0.1, 0.15) is 32.6 Å². The lowest BCUT2D eigenvalue weighted by atomic mass is 9.98. The second-order valence-electron chi connectivity index (χ2n) is 4.91. The van der Waals surface area contributed by atoms with Crippen molar-refractivity contribution in [1.29, 1.82) is 0 Å². The zero-order valence-electron chi connectivity index (χ0n) is 11.0. The lowest BCUT2D eigenvalue weighted by Crippen LogP contribution is -2.55. The highest BCUT2D eigenvalue weighted by molar-refractivity contribution is 5.89. The minimum absolute atomic E-state index is 0.270. The molecule has 0 bridgehead atoms. The van der Waals surface area contributed by atoms with Crippen molar-refractivity contribution >= 4 is 11.9 Å². The molecule has 2 unspecified atom stereocenters. The van der Waals surface area contributed by atoms with Gasteiger partial charge in [-0.2, -0.15) is 0 Å². The average Bonchev–Trinajstić information content (AvgIpc) is 2.72. The molecule has 1 aliphatic heterocycles. The molecule has 1 rings (SSSR count). The van der Waals surface area contributed by atoms with Crippen molar-refractivity contribution < 1.29 is 19.4 Å². The first-order chi connectivity index (χ1) is 8.43. The quantitative estimate of drug-likeness (QED) is 0.664. The number of nitrogens with zero attached hydrogens (tertiary/aromatic N) is 1. The van der Waals surface area contributed by atoms with E-state index in [0.29, 0.717) is 38.8 Å². The van der Waals surface area contributed by atoms with Crippen molar-refractivity contribution in [2.45, 2.75) is 44.2 Å². The first kappa shape index (κ1) is 14.9. The molecule has 1 amide bonds. The van der Waals surface area contributed by atoms with E-state index in [1.165, 1.54) is 4.90 Å². The van der Waals surface area contributed by atoms with Crippen molar-refractivity contribution in [3.8, 4) is 0 Å². The van der Waals surface area contributed by atoms with E-state index in [9.17, 15) is 14.7 Å². The van der Waals surface area contributed by atoms with Crippen molar-refractivity contribution in [3.63, 3.8) is 0 Å². The second kappa shape index (κ2) is 6.15. The number of hydrogen-bond acceptors (Lipinski definition) is 4. The van der Waals surface area contributed by atoms with Crippen LogP contribution < -0.4 is 5.73 Å². The predicted molar refractivity (Wildman–Crippen MR) is 66.1 cm³/mol. The Balaban J connectivity index is 2.62. The fourth-order valence-corrected chi connectivity index (χ4v) is 2.31. The van der Waals surface area contributed by atoms with Crippen LogP contribution in [0, 0.1) is 0 Å². The molecule has 0 saturated carbocycles. The molecule has 1 saturated heterocycles. The zero-order chi connectivity index (χ0) is 13.8. The van der Waals surface area contributed by atoms with Gasteiger partial charge in [0.2, 0.25) is 5.91 Å². The molecule has 3 N–H and O–H groups in total. The number of nitrogens with two attached hydrogens (primary N) is 1. The fourth-order valence-electron chi connectivity index (χ4n) is 2.31. The van der Waals surface area contributed by atoms with Crippen LogP contribution in [0.2, 0.25) is 0 Å². The number of ether oxygens (including phenoxy) is 1. The van der Waals surface area contributed by atoms with E-state index < -0.39 is 17.6 Å². The average molecular weight is 258 g/mol. The summed E-state index contributed by atoms with van der Waals surface area (Å²) in [6.07, 6.45) is 2.40. The smallest absolute Gasteiger partial charge is 0.329 e. The van der Waals surface area contributed by atoms with E-state index in [4.69, 9.17) is 10.5 Å². The van der Waals surface area contributed by atoms with Gasteiger partial charge in [-0.05, 0) is 32.6 Å². The van der Waals surface area contributed by atoms with Crippen LogP contribution in [0.5, 0.6) is 0 Å². The van der Waals surface area contributed by atoms with Crippen LogP contribution in [0.15, 0.2) is 0 Å². The number of carboxylic acid groups (broad SMARTS) is 1. The number of carbonyl (C=O) groups is 2. The molecule has 6 heteroatoms. The summed E-state index contributed by atoms with van der Waals surface area (Å²) in [5.41, 5.74) is 4.72. The summed E-state index contributed by atoms with van der Waals surface area (Å²) < 4.78 is 4.90. The number of carbonyl (C=O) groups excluding carboxylic acids is 1. The van der Waals surface area contributed by atoms with Gasteiger partial charge in [-0.1, -0.05) is 0 Å². The third-order valence-corrected chi connectivity index (χ3v) is 3.55. The van der Waals surface area contributed by atoms with Gasteiger partial charge in [0.15, 0.2) is 0 Å².